The van der Waals surface area contributed by atoms with Gasteiger partial charge in [-0.3, -0.25) is 28.9 Å². The highest BCUT2D eigenvalue weighted by molar-refractivity contribution is 7.12. The van der Waals surface area contributed by atoms with Crippen LogP contribution in [0.4, 0.5) is 0 Å². The standard InChI is InChI=1S/C42H65N5O8S/c1-24(2)32(47(10)41(52)35(25(3)4)44-38(50)33-22-31(49)19-20-46(33)9)23-34(55-28(8)48)40-45-36(37(56-40)26(5)6)39(51)43-30(21-27(7)42(53)54-11)18-17-29-15-13-12-14-16-29/h12-16,24-27,30-35,49H,17-23H2,1-11H3,(H,43,51)(H,44,50)/t27-,30-,31+,32+,33+,34+,35-/m0/s1. The van der Waals surface area contributed by atoms with Gasteiger partial charge < -0.3 is 30.1 Å². The summed E-state index contributed by atoms with van der Waals surface area (Å²) in [6.07, 6.45) is 1.31. The lowest BCUT2D eigenvalue weighted by Crippen LogP contribution is -2.58. The molecule has 1 aromatic heterocycles. The fourth-order valence-electron chi connectivity index (χ4n) is 7.27. The third kappa shape index (κ3) is 13.1. The molecule has 1 aromatic carbocycles. The molecule has 7 atom stereocenters. The lowest BCUT2D eigenvalue weighted by molar-refractivity contribution is -0.149. The Hall–Kier alpha value is -3.88. The molecule has 0 unspecified atom stereocenters. The molecule has 0 bridgehead atoms. The summed E-state index contributed by atoms with van der Waals surface area (Å²) < 4.78 is 10.9. The van der Waals surface area contributed by atoms with Crippen LogP contribution < -0.4 is 10.6 Å². The van der Waals surface area contributed by atoms with Crippen LogP contribution in [0.15, 0.2) is 30.3 Å². The number of esters is 2. The quantitative estimate of drug-likeness (QED) is 0.159. The van der Waals surface area contributed by atoms with E-state index in [0.29, 0.717) is 43.7 Å². The van der Waals surface area contributed by atoms with Crippen LogP contribution in [0.25, 0.3) is 0 Å². The number of thiazole rings is 1. The van der Waals surface area contributed by atoms with E-state index in [4.69, 9.17) is 14.5 Å². The van der Waals surface area contributed by atoms with Crippen molar-refractivity contribution >= 4 is 41.0 Å². The van der Waals surface area contributed by atoms with Crippen molar-refractivity contribution in [1.82, 2.24) is 25.4 Å². The van der Waals surface area contributed by atoms with Gasteiger partial charge in [-0.05, 0) is 62.5 Å². The van der Waals surface area contributed by atoms with Crippen LogP contribution in [0.5, 0.6) is 0 Å². The molecule has 0 aliphatic carbocycles. The van der Waals surface area contributed by atoms with E-state index in [-0.39, 0.29) is 59.6 Å². The molecule has 3 N–H and O–H groups in total. The Labute approximate surface area is 337 Å². The topological polar surface area (TPSA) is 167 Å². The van der Waals surface area contributed by atoms with Crippen molar-refractivity contribution in [3.05, 3.63) is 51.5 Å². The first-order valence-electron chi connectivity index (χ1n) is 19.9. The van der Waals surface area contributed by atoms with E-state index in [1.807, 2.05) is 83.8 Å². The number of likely N-dealkylation sites (tertiary alicyclic amines) is 1. The average molecular weight is 800 g/mol. The van der Waals surface area contributed by atoms with E-state index in [9.17, 15) is 29.1 Å². The maximum absolute atomic E-state index is 14.2. The summed E-state index contributed by atoms with van der Waals surface area (Å²) in [7, 11) is 4.89. The number of carbonyl (C=O) groups is 5. The first-order valence-corrected chi connectivity index (χ1v) is 20.7. The fraction of sp³-hybridized carbons (Fsp3) is 0.667. The average Bonchev–Trinajstić information content (AvgIpc) is 3.61. The molecule has 2 heterocycles. The lowest BCUT2D eigenvalue weighted by atomic mass is 9.93. The summed E-state index contributed by atoms with van der Waals surface area (Å²) in [5.74, 6) is -2.68. The molecule has 2 aromatic rings. The van der Waals surface area contributed by atoms with E-state index in [0.717, 1.165) is 10.4 Å². The number of amides is 3. The van der Waals surface area contributed by atoms with E-state index in [1.54, 1.807) is 18.9 Å². The van der Waals surface area contributed by atoms with Crippen LogP contribution in [0, 0.1) is 17.8 Å². The summed E-state index contributed by atoms with van der Waals surface area (Å²) >= 11 is 1.31. The Morgan fingerprint density at radius 1 is 1.00 bits per heavy atom. The number of benzene rings is 1. The predicted molar refractivity (Wildman–Crippen MR) is 217 cm³/mol. The molecule has 1 aliphatic rings. The number of aromatic nitrogens is 1. The molecule has 3 amide bonds. The minimum Gasteiger partial charge on any atom is -0.469 e. The summed E-state index contributed by atoms with van der Waals surface area (Å²) in [5, 5.41) is 16.8. The lowest BCUT2D eigenvalue weighted by Gasteiger charge is -2.38. The van der Waals surface area contributed by atoms with Crippen LogP contribution in [-0.4, -0.2) is 108 Å². The van der Waals surface area contributed by atoms with Crippen molar-refractivity contribution < 1.29 is 38.6 Å². The van der Waals surface area contributed by atoms with Crippen LogP contribution in [0.2, 0.25) is 0 Å². The molecule has 0 radical (unpaired) electrons. The minimum atomic E-state index is -0.864. The fourth-order valence-corrected chi connectivity index (χ4v) is 8.38. The predicted octanol–water partition coefficient (Wildman–Crippen LogP) is 5.27. The molecule has 312 valence electrons. The maximum Gasteiger partial charge on any atom is 0.308 e. The van der Waals surface area contributed by atoms with Gasteiger partial charge >= 0.3 is 11.9 Å². The largest absolute Gasteiger partial charge is 0.469 e. The van der Waals surface area contributed by atoms with Gasteiger partial charge in [-0.1, -0.05) is 78.8 Å². The summed E-state index contributed by atoms with van der Waals surface area (Å²) in [4.78, 5) is 75.7. The zero-order valence-electron chi connectivity index (χ0n) is 35.2. The van der Waals surface area contributed by atoms with Gasteiger partial charge in [0.1, 0.15) is 16.7 Å². The molecule has 1 fully saturated rings. The van der Waals surface area contributed by atoms with Gasteiger partial charge in [-0.2, -0.15) is 0 Å². The summed E-state index contributed by atoms with van der Waals surface area (Å²) in [5.41, 5.74) is 1.35. The number of hydrogen-bond acceptors (Lipinski definition) is 11. The third-order valence-corrected chi connectivity index (χ3v) is 12.1. The highest BCUT2D eigenvalue weighted by atomic mass is 32.1. The van der Waals surface area contributed by atoms with Crippen molar-refractivity contribution in [2.24, 2.45) is 17.8 Å². The van der Waals surface area contributed by atoms with E-state index in [2.05, 4.69) is 10.6 Å². The molecule has 1 saturated heterocycles. The number of ether oxygens (including phenoxy) is 2. The summed E-state index contributed by atoms with van der Waals surface area (Å²) in [6, 6.07) is 7.77. The van der Waals surface area contributed by atoms with E-state index in [1.165, 1.54) is 25.4 Å². The monoisotopic (exact) mass is 799 g/mol. The zero-order valence-corrected chi connectivity index (χ0v) is 36.0. The number of nitrogens with zero attached hydrogens (tertiary/aromatic N) is 3. The third-order valence-electron chi connectivity index (χ3n) is 10.6. The minimum absolute atomic E-state index is 0.0818. The number of hydrogen-bond donors (Lipinski definition) is 3. The second kappa shape index (κ2) is 21.6. The first-order chi connectivity index (χ1) is 26.3. The SMILES string of the molecule is COC(=O)[C@@H](C)C[C@H](CCc1ccccc1)NC(=O)c1nc([C@@H](C[C@H](C(C)C)N(C)C(=O)[C@@H](NC(=O)[C@H]2C[C@H](O)CCN2C)C(C)C)OC(C)=O)sc1C(C)C. The maximum atomic E-state index is 14.2. The van der Waals surface area contributed by atoms with E-state index < -0.39 is 42.2 Å². The number of piperidine rings is 1. The zero-order chi connectivity index (χ0) is 41.9. The molecular formula is C42H65N5O8S. The van der Waals surface area contributed by atoms with E-state index >= 15 is 0 Å². The number of nitrogens with one attached hydrogen (secondary N) is 2. The van der Waals surface area contributed by atoms with Crippen LogP contribution >= 0.6 is 11.3 Å². The van der Waals surface area contributed by atoms with Gasteiger partial charge in [0.25, 0.3) is 5.91 Å². The smallest absolute Gasteiger partial charge is 0.308 e. The first kappa shape index (κ1) is 46.5. The van der Waals surface area contributed by atoms with Gasteiger partial charge in [0, 0.05) is 43.9 Å². The van der Waals surface area contributed by atoms with Crippen LogP contribution in [0.1, 0.15) is 125 Å². The van der Waals surface area contributed by atoms with Gasteiger partial charge in [-0.15, -0.1) is 11.3 Å². The van der Waals surface area contributed by atoms with Gasteiger partial charge in [0.2, 0.25) is 11.8 Å². The molecule has 0 spiro atoms. The number of likely N-dealkylation sites (N-methyl/N-ethyl adjacent to an activating group) is 2. The molecular weight excluding hydrogens is 735 g/mol. The Morgan fingerprint density at radius 3 is 2.23 bits per heavy atom. The van der Waals surface area contributed by atoms with Crippen molar-refractivity contribution in [1.29, 1.82) is 0 Å². The number of carbonyl (C=O) groups excluding carboxylic acids is 5. The highest BCUT2D eigenvalue weighted by Crippen LogP contribution is 2.36. The molecule has 56 heavy (non-hydrogen) atoms. The Bertz CT molecular complexity index is 1610. The Kier molecular flexibility index (Phi) is 17.9. The van der Waals surface area contributed by atoms with Gasteiger partial charge in [-0.25, -0.2) is 4.98 Å². The van der Waals surface area contributed by atoms with Gasteiger partial charge in [0.05, 0.1) is 25.2 Å². The number of aryl methyl sites for hydroxylation is 1. The van der Waals surface area contributed by atoms with Crippen LogP contribution in [-0.2, 0) is 35.1 Å². The Balaban J connectivity index is 1.90. The molecule has 0 saturated carbocycles. The molecule has 14 heteroatoms. The van der Waals surface area contributed by atoms with Crippen molar-refractivity contribution in [3.63, 3.8) is 0 Å². The van der Waals surface area contributed by atoms with Crippen molar-refractivity contribution in [2.45, 2.75) is 136 Å². The number of aliphatic hydroxyl groups excluding tert-OH is 1. The highest BCUT2D eigenvalue weighted by Gasteiger charge is 2.38. The van der Waals surface area contributed by atoms with Crippen molar-refractivity contribution in [3.8, 4) is 0 Å². The molecule has 13 nitrogen and oxygen atoms in total. The normalized spacial score (nSPS) is 18.8. The Morgan fingerprint density at radius 2 is 1.66 bits per heavy atom. The summed E-state index contributed by atoms with van der Waals surface area (Å²) in [6.45, 7) is 15.3. The molecule has 3 rings (SSSR count). The number of rotatable bonds is 19. The van der Waals surface area contributed by atoms with Crippen LogP contribution in [0.3, 0.4) is 0 Å². The number of aliphatic hydroxyl groups is 1. The van der Waals surface area contributed by atoms with Gasteiger partial charge in [0.15, 0.2) is 6.10 Å². The van der Waals surface area contributed by atoms with Crippen molar-refractivity contribution in [2.75, 3.05) is 27.7 Å². The second-order valence-corrected chi connectivity index (χ2v) is 17.3. The number of methoxy groups -OCH3 is 1. The molecule has 1 aliphatic heterocycles. The second-order valence-electron chi connectivity index (χ2n) is 16.3.